The molecular weight excluding hydrogens is 292 g/mol. The van der Waals surface area contributed by atoms with Crippen molar-refractivity contribution in [3.05, 3.63) is 52.4 Å². The van der Waals surface area contributed by atoms with E-state index >= 15 is 0 Å². The van der Waals surface area contributed by atoms with Gasteiger partial charge in [-0.2, -0.15) is 0 Å². The summed E-state index contributed by atoms with van der Waals surface area (Å²) in [5, 5.41) is 5.80. The van der Waals surface area contributed by atoms with Crippen LogP contribution in [0.4, 0.5) is 5.69 Å². The van der Waals surface area contributed by atoms with Gasteiger partial charge in [-0.25, -0.2) is 0 Å². The molecule has 0 saturated carbocycles. The summed E-state index contributed by atoms with van der Waals surface area (Å²) in [6.45, 7) is 3.44. The van der Waals surface area contributed by atoms with Crippen molar-refractivity contribution in [3.8, 4) is 0 Å². The lowest BCUT2D eigenvalue weighted by atomic mass is 10.2. The Kier molecular flexibility index (Phi) is 4.65. The van der Waals surface area contributed by atoms with Crippen molar-refractivity contribution in [1.82, 2.24) is 5.32 Å². The van der Waals surface area contributed by atoms with Crippen LogP contribution in [-0.4, -0.2) is 18.4 Å². The molecule has 2 N–H and O–H groups in total. The number of furan rings is 1. The Hall–Kier alpha value is -2.27. The highest BCUT2D eigenvalue weighted by Crippen LogP contribution is 2.19. The molecule has 0 aliphatic rings. The van der Waals surface area contributed by atoms with E-state index in [0.29, 0.717) is 16.5 Å². The van der Waals surface area contributed by atoms with Crippen molar-refractivity contribution in [2.24, 2.45) is 0 Å². The van der Waals surface area contributed by atoms with Crippen molar-refractivity contribution in [3.63, 3.8) is 0 Å². The van der Waals surface area contributed by atoms with E-state index in [1.54, 1.807) is 37.3 Å². The fourth-order valence-electron chi connectivity index (χ4n) is 1.77. The predicted molar refractivity (Wildman–Crippen MR) is 80.6 cm³/mol. The van der Waals surface area contributed by atoms with Gasteiger partial charge in [0.15, 0.2) is 5.76 Å². The lowest BCUT2D eigenvalue weighted by molar-refractivity contribution is -0.115. The summed E-state index contributed by atoms with van der Waals surface area (Å²) in [7, 11) is 0. The summed E-state index contributed by atoms with van der Waals surface area (Å²) in [4.78, 5) is 23.5. The van der Waals surface area contributed by atoms with Gasteiger partial charge in [0, 0.05) is 10.7 Å². The second-order valence-electron chi connectivity index (χ2n) is 4.60. The number of halogens is 1. The number of hydrogen-bond acceptors (Lipinski definition) is 3. The maximum Gasteiger partial charge on any atom is 0.287 e. The van der Waals surface area contributed by atoms with Crippen LogP contribution in [0, 0.1) is 13.8 Å². The minimum absolute atomic E-state index is 0.138. The first-order valence-electron chi connectivity index (χ1n) is 6.36. The number of anilines is 1. The highest BCUT2D eigenvalue weighted by Gasteiger charge is 2.12. The van der Waals surface area contributed by atoms with Gasteiger partial charge in [-0.05, 0) is 49.7 Å². The minimum atomic E-state index is -0.425. The predicted octanol–water partition coefficient (Wildman–Crippen LogP) is 2.92. The van der Waals surface area contributed by atoms with Gasteiger partial charge in [0.2, 0.25) is 5.91 Å². The Balaban J connectivity index is 1.89. The smallest absolute Gasteiger partial charge is 0.287 e. The number of carbonyl (C=O) groups is 2. The number of aryl methyl sites for hydroxylation is 2. The number of carbonyl (C=O) groups excluding carboxylic acids is 2. The van der Waals surface area contributed by atoms with Crippen molar-refractivity contribution in [1.29, 1.82) is 0 Å². The largest absolute Gasteiger partial charge is 0.456 e. The van der Waals surface area contributed by atoms with Gasteiger partial charge < -0.3 is 15.1 Å². The van der Waals surface area contributed by atoms with Crippen LogP contribution in [-0.2, 0) is 4.79 Å². The van der Waals surface area contributed by atoms with Crippen LogP contribution in [0.5, 0.6) is 0 Å². The van der Waals surface area contributed by atoms with Gasteiger partial charge in [-0.1, -0.05) is 11.6 Å². The molecule has 21 heavy (non-hydrogen) atoms. The molecule has 1 aromatic heterocycles. The van der Waals surface area contributed by atoms with Crippen LogP contribution in [0.15, 0.2) is 34.7 Å². The highest BCUT2D eigenvalue weighted by atomic mass is 35.5. The summed E-state index contributed by atoms with van der Waals surface area (Å²) >= 11 is 5.85. The maximum atomic E-state index is 11.8. The van der Waals surface area contributed by atoms with Crippen LogP contribution in [0.2, 0.25) is 5.02 Å². The molecule has 110 valence electrons. The van der Waals surface area contributed by atoms with E-state index in [-0.39, 0.29) is 18.2 Å². The van der Waals surface area contributed by atoms with Crippen molar-refractivity contribution in [2.75, 3.05) is 11.9 Å². The first kappa shape index (κ1) is 15.1. The Labute approximate surface area is 127 Å². The molecule has 5 nitrogen and oxygen atoms in total. The summed E-state index contributed by atoms with van der Waals surface area (Å²) in [5.41, 5.74) is 1.51. The van der Waals surface area contributed by atoms with E-state index in [0.717, 1.165) is 5.56 Å². The Morgan fingerprint density at radius 2 is 1.95 bits per heavy atom. The van der Waals surface area contributed by atoms with Crippen LogP contribution in [0.1, 0.15) is 21.9 Å². The topological polar surface area (TPSA) is 71.3 Å². The van der Waals surface area contributed by atoms with E-state index in [1.807, 2.05) is 6.92 Å². The molecule has 1 heterocycles. The Morgan fingerprint density at radius 3 is 2.57 bits per heavy atom. The number of rotatable bonds is 4. The molecule has 6 heteroatoms. The summed E-state index contributed by atoms with van der Waals surface area (Å²) in [6, 6.07) is 8.40. The first-order valence-corrected chi connectivity index (χ1v) is 6.74. The van der Waals surface area contributed by atoms with Gasteiger partial charge in [-0.3, -0.25) is 9.59 Å². The molecule has 0 aliphatic carbocycles. The Morgan fingerprint density at radius 1 is 1.19 bits per heavy atom. The summed E-state index contributed by atoms with van der Waals surface area (Å²) in [6.07, 6.45) is 0. The molecule has 0 aliphatic heterocycles. The molecule has 0 radical (unpaired) electrons. The number of hydrogen-bond donors (Lipinski definition) is 2. The third-order valence-corrected chi connectivity index (χ3v) is 3.07. The van der Waals surface area contributed by atoms with Gasteiger partial charge in [0.25, 0.3) is 5.91 Å². The van der Waals surface area contributed by atoms with E-state index in [2.05, 4.69) is 10.6 Å². The number of benzene rings is 1. The zero-order chi connectivity index (χ0) is 15.4. The number of amides is 2. The fourth-order valence-corrected chi connectivity index (χ4v) is 1.99. The average molecular weight is 307 g/mol. The fraction of sp³-hybridized carbons (Fsp3) is 0.200. The molecule has 1 aromatic carbocycles. The first-order chi connectivity index (χ1) is 9.95. The number of nitrogens with one attached hydrogen (secondary N) is 2. The third-order valence-electron chi connectivity index (χ3n) is 2.84. The highest BCUT2D eigenvalue weighted by molar-refractivity contribution is 6.30. The summed E-state index contributed by atoms with van der Waals surface area (Å²) in [5.74, 6) is 0.0764. The molecule has 0 fully saturated rings. The standard InChI is InChI=1S/C15H15ClN2O3/c1-9-7-11(16)4-5-12(9)18-14(19)8-17-15(20)13-6-3-10(2)21-13/h3-7H,8H2,1-2H3,(H,17,20)(H,18,19). The molecule has 0 saturated heterocycles. The molecule has 0 unspecified atom stereocenters. The molecule has 2 rings (SSSR count). The minimum Gasteiger partial charge on any atom is -0.456 e. The summed E-state index contributed by atoms with van der Waals surface area (Å²) < 4.78 is 5.17. The molecular formula is C15H15ClN2O3. The van der Waals surface area contributed by atoms with Crippen molar-refractivity contribution < 1.29 is 14.0 Å². The average Bonchev–Trinajstić information content (AvgIpc) is 2.86. The quantitative estimate of drug-likeness (QED) is 0.912. The van der Waals surface area contributed by atoms with Crippen molar-refractivity contribution >= 4 is 29.1 Å². The van der Waals surface area contributed by atoms with Gasteiger partial charge in [-0.15, -0.1) is 0 Å². The monoisotopic (exact) mass is 306 g/mol. The zero-order valence-corrected chi connectivity index (χ0v) is 12.5. The lowest BCUT2D eigenvalue weighted by Crippen LogP contribution is -2.32. The van der Waals surface area contributed by atoms with Crippen molar-refractivity contribution in [2.45, 2.75) is 13.8 Å². The van der Waals surface area contributed by atoms with Gasteiger partial charge >= 0.3 is 0 Å². The SMILES string of the molecule is Cc1ccc(C(=O)NCC(=O)Nc2ccc(Cl)cc2C)o1. The second-order valence-corrected chi connectivity index (χ2v) is 5.04. The molecule has 0 bridgehead atoms. The second kappa shape index (κ2) is 6.45. The van der Waals surface area contributed by atoms with Crippen LogP contribution in [0.25, 0.3) is 0 Å². The van der Waals surface area contributed by atoms with E-state index in [9.17, 15) is 9.59 Å². The zero-order valence-electron chi connectivity index (χ0n) is 11.7. The molecule has 2 aromatic rings. The van der Waals surface area contributed by atoms with E-state index < -0.39 is 5.91 Å². The molecule has 2 amide bonds. The third kappa shape index (κ3) is 4.10. The molecule has 0 spiro atoms. The van der Waals surface area contributed by atoms with E-state index in [4.69, 9.17) is 16.0 Å². The normalized spacial score (nSPS) is 10.2. The van der Waals surface area contributed by atoms with Gasteiger partial charge in [0.1, 0.15) is 5.76 Å². The van der Waals surface area contributed by atoms with E-state index in [1.165, 1.54) is 0 Å². The molecule has 0 atom stereocenters. The lowest BCUT2D eigenvalue weighted by Gasteiger charge is -2.09. The Bertz CT molecular complexity index is 679. The van der Waals surface area contributed by atoms with Gasteiger partial charge in [0.05, 0.1) is 6.54 Å². The van der Waals surface area contributed by atoms with Crippen LogP contribution >= 0.6 is 11.6 Å². The van der Waals surface area contributed by atoms with Crippen LogP contribution in [0.3, 0.4) is 0 Å². The van der Waals surface area contributed by atoms with Crippen LogP contribution < -0.4 is 10.6 Å². The maximum absolute atomic E-state index is 11.8.